The van der Waals surface area contributed by atoms with E-state index < -0.39 is 5.54 Å². The Labute approximate surface area is 171 Å². The first-order valence-electron chi connectivity index (χ1n) is 9.09. The lowest BCUT2D eigenvalue weighted by Crippen LogP contribution is -2.49. The lowest BCUT2D eigenvalue weighted by atomic mass is 9.91. The monoisotopic (exact) mass is 399 g/mol. The fourth-order valence-corrected chi connectivity index (χ4v) is 3.07. The van der Waals surface area contributed by atoms with Crippen LogP contribution in [0.4, 0.5) is 0 Å². The van der Waals surface area contributed by atoms with E-state index in [1.54, 1.807) is 18.9 Å². The van der Waals surface area contributed by atoms with Crippen LogP contribution in [0.5, 0.6) is 0 Å². The predicted octanol–water partition coefficient (Wildman–Crippen LogP) is 4.03. The summed E-state index contributed by atoms with van der Waals surface area (Å²) in [4.78, 5) is 14.4. The van der Waals surface area contributed by atoms with Crippen molar-refractivity contribution in [1.82, 2.24) is 10.1 Å². The molecule has 0 saturated heterocycles. The van der Waals surface area contributed by atoms with Crippen LogP contribution in [0.15, 0.2) is 71.3 Å². The molecule has 0 fully saturated rings. The van der Waals surface area contributed by atoms with Gasteiger partial charge in [-0.25, -0.2) is 0 Å². The van der Waals surface area contributed by atoms with Crippen molar-refractivity contribution in [3.05, 3.63) is 78.1 Å². The Morgan fingerprint density at radius 2 is 1.71 bits per heavy atom. The number of aromatic nitrogens is 1. The first-order valence-corrected chi connectivity index (χ1v) is 9.09. The van der Waals surface area contributed by atoms with Gasteiger partial charge in [-0.2, -0.15) is 0 Å². The van der Waals surface area contributed by atoms with Crippen LogP contribution < -0.4 is 5.73 Å². The Hall–Kier alpha value is -2.63. The first-order chi connectivity index (χ1) is 13.0. The Morgan fingerprint density at radius 3 is 2.36 bits per heavy atom. The van der Waals surface area contributed by atoms with Crippen molar-refractivity contribution in [2.45, 2.75) is 25.3 Å². The minimum atomic E-state index is -1.04. The van der Waals surface area contributed by atoms with E-state index in [4.69, 9.17) is 10.3 Å². The lowest BCUT2D eigenvalue weighted by Gasteiger charge is -2.29. The predicted molar refractivity (Wildman–Crippen MR) is 113 cm³/mol. The molecule has 1 unspecified atom stereocenters. The number of hydrogen-bond donors (Lipinski definition) is 1. The molecule has 1 atom stereocenters. The van der Waals surface area contributed by atoms with Gasteiger partial charge in [0, 0.05) is 31.6 Å². The van der Waals surface area contributed by atoms with Gasteiger partial charge in [0.2, 0.25) is 5.91 Å². The molecule has 2 aromatic carbocycles. The van der Waals surface area contributed by atoms with Crippen LogP contribution in [-0.2, 0) is 16.8 Å². The lowest BCUT2D eigenvalue weighted by molar-refractivity contribution is -0.135. The maximum Gasteiger partial charge on any atom is 0.246 e. The molecule has 0 saturated carbocycles. The maximum absolute atomic E-state index is 12.8. The van der Waals surface area contributed by atoms with E-state index in [9.17, 15) is 4.79 Å². The molecule has 0 spiro atoms. The molecular weight excluding hydrogens is 374 g/mol. The highest BCUT2D eigenvalue weighted by molar-refractivity contribution is 5.86. The molecule has 28 heavy (non-hydrogen) atoms. The van der Waals surface area contributed by atoms with E-state index in [0.29, 0.717) is 13.0 Å². The molecule has 0 aliphatic carbocycles. The van der Waals surface area contributed by atoms with Gasteiger partial charge in [0.25, 0.3) is 0 Å². The summed E-state index contributed by atoms with van der Waals surface area (Å²) in [5, 5.41) is 4.12. The molecule has 1 heterocycles. The zero-order valence-corrected chi connectivity index (χ0v) is 17.0. The molecule has 1 aromatic heterocycles. The second kappa shape index (κ2) is 9.53. The summed E-state index contributed by atoms with van der Waals surface area (Å²) in [5.74, 6) is 0.713. The number of likely N-dealkylation sites (N-methyl/N-ethyl adjacent to an activating group) is 1. The number of nitrogens with two attached hydrogens (primary N) is 1. The minimum Gasteiger partial charge on any atom is -0.361 e. The van der Waals surface area contributed by atoms with Crippen LogP contribution in [0, 0.1) is 0 Å². The summed E-state index contributed by atoms with van der Waals surface area (Å²) in [5.41, 5.74) is 7.94. The van der Waals surface area contributed by atoms with Crippen LogP contribution in [0.1, 0.15) is 24.7 Å². The molecule has 3 aromatic rings. The molecule has 6 heteroatoms. The zero-order chi connectivity index (χ0) is 19.3. The molecule has 5 nitrogen and oxygen atoms in total. The highest BCUT2D eigenvalue weighted by Gasteiger charge is 2.32. The Bertz CT molecular complexity index is 879. The number of carbonyl (C=O) groups excluding carboxylic acids is 1. The maximum atomic E-state index is 12.8. The number of halogens is 1. The molecule has 0 aliphatic heterocycles. The topological polar surface area (TPSA) is 72.4 Å². The van der Waals surface area contributed by atoms with E-state index in [2.05, 4.69) is 5.16 Å². The van der Waals surface area contributed by atoms with E-state index in [0.717, 1.165) is 29.0 Å². The van der Waals surface area contributed by atoms with Crippen molar-refractivity contribution in [2.75, 3.05) is 13.6 Å². The number of rotatable bonds is 7. The van der Waals surface area contributed by atoms with Gasteiger partial charge < -0.3 is 15.2 Å². The van der Waals surface area contributed by atoms with Gasteiger partial charge in [0.15, 0.2) is 0 Å². The SMILES string of the molecule is CN(CCCc1cc(-c2ccccc2)no1)C(=O)C(C)(N)c1ccccc1.Cl. The normalized spacial score (nSPS) is 12.7. The summed E-state index contributed by atoms with van der Waals surface area (Å²) >= 11 is 0. The van der Waals surface area contributed by atoms with Gasteiger partial charge in [-0.3, -0.25) is 4.79 Å². The van der Waals surface area contributed by atoms with Gasteiger partial charge in [-0.15, -0.1) is 12.4 Å². The fourth-order valence-electron chi connectivity index (χ4n) is 3.07. The van der Waals surface area contributed by atoms with Crippen molar-refractivity contribution in [2.24, 2.45) is 5.73 Å². The standard InChI is InChI=1S/C22H25N3O2.ClH/c1-22(23,18-12-7-4-8-13-18)21(26)25(2)15-9-14-19-16-20(24-27-19)17-10-5-3-6-11-17;/h3-8,10-13,16H,9,14-15,23H2,1-2H3;1H. The summed E-state index contributed by atoms with van der Waals surface area (Å²) < 4.78 is 5.42. The van der Waals surface area contributed by atoms with Crippen molar-refractivity contribution in [3.63, 3.8) is 0 Å². The summed E-state index contributed by atoms with van der Waals surface area (Å²) in [6, 6.07) is 21.3. The largest absolute Gasteiger partial charge is 0.361 e. The van der Waals surface area contributed by atoms with Crippen molar-refractivity contribution in [1.29, 1.82) is 0 Å². The second-order valence-electron chi connectivity index (χ2n) is 6.94. The molecule has 3 rings (SSSR count). The highest BCUT2D eigenvalue weighted by Crippen LogP contribution is 2.21. The molecular formula is C22H26ClN3O2. The Balaban J connectivity index is 0.00000280. The second-order valence-corrected chi connectivity index (χ2v) is 6.94. The molecule has 0 bridgehead atoms. The number of carbonyl (C=O) groups is 1. The molecule has 1 amide bonds. The number of aryl methyl sites for hydroxylation is 1. The summed E-state index contributed by atoms with van der Waals surface area (Å²) in [6.45, 7) is 2.35. The van der Waals surface area contributed by atoms with Crippen molar-refractivity contribution in [3.8, 4) is 11.3 Å². The zero-order valence-electron chi connectivity index (χ0n) is 16.2. The van der Waals surface area contributed by atoms with Crippen molar-refractivity contribution < 1.29 is 9.32 Å². The third-order valence-electron chi connectivity index (χ3n) is 4.71. The van der Waals surface area contributed by atoms with E-state index in [1.165, 1.54) is 0 Å². The van der Waals surface area contributed by atoms with Crippen LogP contribution in [0.3, 0.4) is 0 Å². The quantitative estimate of drug-likeness (QED) is 0.651. The van der Waals surface area contributed by atoms with Gasteiger partial charge in [0.05, 0.1) is 0 Å². The van der Waals surface area contributed by atoms with Gasteiger partial charge in [0.1, 0.15) is 17.0 Å². The van der Waals surface area contributed by atoms with Crippen LogP contribution in [-0.4, -0.2) is 29.6 Å². The number of benzene rings is 2. The van der Waals surface area contributed by atoms with Gasteiger partial charge in [-0.05, 0) is 18.9 Å². The third kappa shape index (κ3) is 5.00. The smallest absolute Gasteiger partial charge is 0.246 e. The molecule has 2 N–H and O–H groups in total. The van der Waals surface area contributed by atoms with Crippen LogP contribution in [0.2, 0.25) is 0 Å². The van der Waals surface area contributed by atoms with Gasteiger partial charge in [-0.1, -0.05) is 65.8 Å². The Morgan fingerprint density at radius 1 is 1.11 bits per heavy atom. The molecule has 148 valence electrons. The van der Waals surface area contributed by atoms with Crippen LogP contribution in [0.25, 0.3) is 11.3 Å². The van der Waals surface area contributed by atoms with E-state index >= 15 is 0 Å². The third-order valence-corrected chi connectivity index (χ3v) is 4.71. The average Bonchev–Trinajstić information content (AvgIpc) is 3.17. The number of amides is 1. The minimum absolute atomic E-state index is 0. The summed E-state index contributed by atoms with van der Waals surface area (Å²) in [6.07, 6.45) is 1.49. The first kappa shape index (κ1) is 21.7. The van der Waals surface area contributed by atoms with E-state index in [-0.39, 0.29) is 18.3 Å². The van der Waals surface area contributed by atoms with Gasteiger partial charge >= 0.3 is 0 Å². The fraction of sp³-hybridized carbons (Fsp3) is 0.273. The molecule has 0 aliphatic rings. The number of hydrogen-bond acceptors (Lipinski definition) is 4. The molecule has 0 radical (unpaired) electrons. The highest BCUT2D eigenvalue weighted by atomic mass is 35.5. The average molecular weight is 400 g/mol. The number of nitrogens with zero attached hydrogens (tertiary/aromatic N) is 2. The summed E-state index contributed by atoms with van der Waals surface area (Å²) in [7, 11) is 1.78. The van der Waals surface area contributed by atoms with Crippen molar-refractivity contribution >= 4 is 18.3 Å². The Kier molecular flexibility index (Phi) is 7.38. The van der Waals surface area contributed by atoms with E-state index in [1.807, 2.05) is 66.7 Å². The van der Waals surface area contributed by atoms with Crippen LogP contribution >= 0.6 is 12.4 Å².